The molecule has 0 aliphatic carbocycles. The third-order valence-corrected chi connectivity index (χ3v) is 3.93. The Bertz CT molecular complexity index is 512. The minimum atomic E-state index is 0.280. The fourth-order valence-corrected chi connectivity index (χ4v) is 2.69. The summed E-state index contributed by atoms with van der Waals surface area (Å²) in [6.45, 7) is 2.51. The standard InChI is InChI=1S/C14H18BN3/c1-12-16(2)10-11-18(12)15-14-7-5-4-6-13(14)8-9-17(15)3/h4-12H,1-3H3/t12-/m0/s1. The van der Waals surface area contributed by atoms with Crippen LogP contribution in [0.25, 0.3) is 6.08 Å². The van der Waals surface area contributed by atoms with Crippen molar-refractivity contribution in [2.24, 2.45) is 0 Å². The fraction of sp³-hybridized carbons (Fsp3) is 0.286. The summed E-state index contributed by atoms with van der Waals surface area (Å²) in [6.07, 6.45) is 9.05. The van der Waals surface area contributed by atoms with E-state index in [1.165, 1.54) is 11.0 Å². The van der Waals surface area contributed by atoms with Crippen molar-refractivity contribution in [3.8, 4) is 0 Å². The van der Waals surface area contributed by atoms with Crippen LogP contribution in [-0.4, -0.2) is 41.8 Å². The van der Waals surface area contributed by atoms with E-state index < -0.39 is 0 Å². The van der Waals surface area contributed by atoms with Gasteiger partial charge in [0.05, 0.1) is 6.17 Å². The zero-order valence-electron chi connectivity index (χ0n) is 11.1. The van der Waals surface area contributed by atoms with Gasteiger partial charge >= 0.3 is 6.98 Å². The number of rotatable bonds is 1. The van der Waals surface area contributed by atoms with Crippen LogP contribution in [0.3, 0.4) is 0 Å². The average Bonchev–Trinajstić information content (AvgIpc) is 2.70. The van der Waals surface area contributed by atoms with E-state index in [0.29, 0.717) is 6.17 Å². The molecule has 18 heavy (non-hydrogen) atoms. The molecule has 3 nitrogen and oxygen atoms in total. The lowest BCUT2D eigenvalue weighted by molar-refractivity contribution is 0.265. The molecule has 0 saturated carbocycles. The van der Waals surface area contributed by atoms with Gasteiger partial charge in [0.25, 0.3) is 0 Å². The topological polar surface area (TPSA) is 9.72 Å². The second kappa shape index (κ2) is 4.12. The van der Waals surface area contributed by atoms with Gasteiger partial charge in [0.2, 0.25) is 0 Å². The summed E-state index contributed by atoms with van der Waals surface area (Å²) in [5.74, 6) is 0. The zero-order chi connectivity index (χ0) is 12.7. The molecule has 0 radical (unpaired) electrons. The molecular weight excluding hydrogens is 221 g/mol. The first kappa shape index (κ1) is 11.3. The van der Waals surface area contributed by atoms with Gasteiger partial charge in [0.15, 0.2) is 0 Å². The van der Waals surface area contributed by atoms with Crippen LogP contribution in [-0.2, 0) is 0 Å². The number of fused-ring (bicyclic) bond motifs is 1. The average molecular weight is 239 g/mol. The van der Waals surface area contributed by atoms with Gasteiger partial charge < -0.3 is 14.5 Å². The first-order chi connectivity index (χ1) is 8.68. The van der Waals surface area contributed by atoms with Gasteiger partial charge in [-0.05, 0) is 37.3 Å². The van der Waals surface area contributed by atoms with E-state index in [1.54, 1.807) is 0 Å². The van der Waals surface area contributed by atoms with E-state index in [4.69, 9.17) is 0 Å². The molecule has 0 N–H and O–H groups in total. The van der Waals surface area contributed by atoms with Crippen LogP contribution in [0.1, 0.15) is 12.5 Å². The van der Waals surface area contributed by atoms with Crippen LogP contribution in [0.4, 0.5) is 0 Å². The Kier molecular flexibility index (Phi) is 2.58. The predicted molar refractivity (Wildman–Crippen MR) is 76.8 cm³/mol. The van der Waals surface area contributed by atoms with Crippen molar-refractivity contribution >= 4 is 18.5 Å². The molecule has 0 fully saturated rings. The van der Waals surface area contributed by atoms with Crippen LogP contribution in [0.2, 0.25) is 0 Å². The van der Waals surface area contributed by atoms with Crippen molar-refractivity contribution in [3.05, 3.63) is 48.4 Å². The molecule has 0 unspecified atom stereocenters. The lowest BCUT2D eigenvalue weighted by Gasteiger charge is -2.38. The maximum atomic E-state index is 2.39. The molecule has 0 aromatic heterocycles. The maximum absolute atomic E-state index is 2.39. The molecule has 2 heterocycles. The molecular formula is C14H18BN3. The minimum absolute atomic E-state index is 0.280. The predicted octanol–water partition coefficient (Wildman–Crippen LogP) is 1.36. The van der Waals surface area contributed by atoms with Gasteiger partial charge in [-0.3, -0.25) is 0 Å². The second-order valence-electron chi connectivity index (χ2n) is 5.03. The minimum Gasteiger partial charge on any atom is -0.401 e. The molecule has 1 aromatic carbocycles. The van der Waals surface area contributed by atoms with Crippen LogP contribution in [0.5, 0.6) is 0 Å². The largest absolute Gasteiger partial charge is 0.412 e. The summed E-state index contributed by atoms with van der Waals surface area (Å²) in [5.41, 5.74) is 2.69. The molecule has 0 amide bonds. The quantitative estimate of drug-likeness (QED) is 0.685. The maximum Gasteiger partial charge on any atom is 0.412 e. The molecule has 0 spiro atoms. The van der Waals surface area contributed by atoms with Crippen molar-refractivity contribution in [2.75, 3.05) is 14.1 Å². The Balaban J connectivity index is 2.01. The highest BCUT2D eigenvalue weighted by atomic mass is 15.4. The van der Waals surface area contributed by atoms with Gasteiger partial charge in [-0.1, -0.05) is 24.3 Å². The first-order valence-electron chi connectivity index (χ1n) is 6.35. The highest BCUT2D eigenvalue weighted by Gasteiger charge is 2.36. The lowest BCUT2D eigenvalue weighted by Crippen LogP contribution is -2.59. The molecule has 2 aliphatic heterocycles. The molecule has 0 saturated heterocycles. The fourth-order valence-electron chi connectivity index (χ4n) is 2.69. The number of nitrogens with zero attached hydrogens (tertiary/aromatic N) is 3. The Morgan fingerprint density at radius 3 is 2.56 bits per heavy atom. The van der Waals surface area contributed by atoms with Crippen molar-refractivity contribution in [3.63, 3.8) is 0 Å². The third-order valence-electron chi connectivity index (χ3n) is 3.93. The van der Waals surface area contributed by atoms with Gasteiger partial charge in [-0.25, -0.2) is 0 Å². The van der Waals surface area contributed by atoms with Crippen LogP contribution in [0, 0.1) is 0 Å². The Morgan fingerprint density at radius 1 is 1.06 bits per heavy atom. The highest BCUT2D eigenvalue weighted by molar-refractivity contribution is 6.70. The Labute approximate surface area is 109 Å². The smallest absolute Gasteiger partial charge is 0.401 e. The third kappa shape index (κ3) is 1.60. The van der Waals surface area contributed by atoms with E-state index in [9.17, 15) is 0 Å². The van der Waals surface area contributed by atoms with E-state index in [-0.39, 0.29) is 6.98 Å². The van der Waals surface area contributed by atoms with Crippen LogP contribution >= 0.6 is 0 Å². The molecule has 3 rings (SSSR count). The Hall–Kier alpha value is -1.84. The number of hydrogen-bond donors (Lipinski definition) is 0. The summed E-state index contributed by atoms with van der Waals surface area (Å²) >= 11 is 0. The normalized spacial score (nSPS) is 21.8. The second-order valence-corrected chi connectivity index (χ2v) is 5.03. The van der Waals surface area contributed by atoms with Gasteiger partial charge in [-0.15, -0.1) is 0 Å². The van der Waals surface area contributed by atoms with E-state index >= 15 is 0 Å². The molecule has 4 heteroatoms. The SMILES string of the molecule is C[C@H]1N(C)C=CN1B1c2ccccc2C=CN1C. The van der Waals surface area contributed by atoms with E-state index in [2.05, 4.69) is 84.5 Å². The van der Waals surface area contributed by atoms with E-state index in [1.807, 2.05) is 0 Å². The summed E-state index contributed by atoms with van der Waals surface area (Å²) in [7, 11) is 4.25. The molecule has 1 atom stereocenters. The van der Waals surface area contributed by atoms with Crippen molar-refractivity contribution < 1.29 is 0 Å². The van der Waals surface area contributed by atoms with Crippen molar-refractivity contribution in [2.45, 2.75) is 13.1 Å². The summed E-state index contributed by atoms with van der Waals surface area (Å²) in [4.78, 5) is 6.89. The van der Waals surface area contributed by atoms with Crippen molar-refractivity contribution in [1.82, 2.24) is 14.5 Å². The van der Waals surface area contributed by atoms with Crippen LogP contribution in [0.15, 0.2) is 42.9 Å². The van der Waals surface area contributed by atoms with Gasteiger partial charge in [-0.2, -0.15) is 0 Å². The monoisotopic (exact) mass is 239 g/mol. The summed E-state index contributed by atoms with van der Waals surface area (Å²) < 4.78 is 0. The van der Waals surface area contributed by atoms with Crippen molar-refractivity contribution in [1.29, 1.82) is 0 Å². The Morgan fingerprint density at radius 2 is 1.83 bits per heavy atom. The molecule has 2 aliphatic rings. The van der Waals surface area contributed by atoms with Gasteiger partial charge in [0.1, 0.15) is 0 Å². The molecule has 92 valence electrons. The zero-order valence-corrected chi connectivity index (χ0v) is 11.1. The summed E-state index contributed by atoms with van der Waals surface area (Å²) in [6, 6.07) is 8.62. The number of benzene rings is 1. The molecule has 1 aromatic rings. The molecule has 0 bridgehead atoms. The van der Waals surface area contributed by atoms with E-state index in [0.717, 1.165) is 0 Å². The van der Waals surface area contributed by atoms with Crippen LogP contribution < -0.4 is 5.46 Å². The highest BCUT2D eigenvalue weighted by Crippen LogP contribution is 2.20. The lowest BCUT2D eigenvalue weighted by atomic mass is 9.61. The summed E-state index contributed by atoms with van der Waals surface area (Å²) in [5, 5.41) is 0. The number of hydrogen-bond acceptors (Lipinski definition) is 3. The van der Waals surface area contributed by atoms with Gasteiger partial charge in [0, 0.05) is 19.4 Å². The first-order valence-corrected chi connectivity index (χ1v) is 6.35.